The molecule has 0 spiro atoms. The molecular weight excluding hydrogens is 524 g/mol. The van der Waals surface area contributed by atoms with Crippen LogP contribution in [0.5, 0.6) is 17.2 Å². The highest BCUT2D eigenvalue weighted by atomic mass is 79.9. The van der Waals surface area contributed by atoms with E-state index in [0.29, 0.717) is 51.5 Å². The summed E-state index contributed by atoms with van der Waals surface area (Å²) in [6.45, 7) is 2.08. The Morgan fingerprint density at radius 1 is 1.11 bits per heavy atom. The predicted octanol–water partition coefficient (Wildman–Crippen LogP) is 5.07. The number of fused-ring (bicyclic) bond motifs is 1. The Morgan fingerprint density at radius 2 is 1.83 bits per heavy atom. The predicted molar refractivity (Wildman–Crippen MR) is 141 cm³/mol. The summed E-state index contributed by atoms with van der Waals surface area (Å²) in [5.74, 6) is 1.79. The Hall–Kier alpha value is -4.16. The molecule has 0 radical (unpaired) electrons. The molecule has 0 amide bonds. The molecule has 8 nitrogen and oxygen atoms in total. The molecule has 0 aliphatic rings. The maximum absolute atomic E-state index is 13.2. The summed E-state index contributed by atoms with van der Waals surface area (Å²) in [6.07, 6.45) is 2.08. The van der Waals surface area contributed by atoms with Gasteiger partial charge in [0.05, 0.1) is 43.0 Å². The van der Waals surface area contributed by atoms with Crippen molar-refractivity contribution in [2.45, 2.75) is 20.0 Å². The molecule has 1 heterocycles. The maximum Gasteiger partial charge on any atom is 0.282 e. The molecular formula is C27H23BrN4O4. The van der Waals surface area contributed by atoms with Crippen LogP contribution in [-0.4, -0.2) is 30.1 Å². The van der Waals surface area contributed by atoms with Crippen LogP contribution < -0.4 is 19.8 Å². The molecule has 0 atom stereocenters. The Morgan fingerprint density at radius 3 is 2.50 bits per heavy atom. The third kappa shape index (κ3) is 5.09. The second kappa shape index (κ2) is 11.1. The lowest BCUT2D eigenvalue weighted by atomic mass is 10.1. The highest BCUT2D eigenvalue weighted by molar-refractivity contribution is 9.10. The van der Waals surface area contributed by atoms with Crippen molar-refractivity contribution in [3.8, 4) is 23.3 Å². The van der Waals surface area contributed by atoms with Crippen molar-refractivity contribution < 1.29 is 14.2 Å². The molecule has 4 rings (SSSR count). The van der Waals surface area contributed by atoms with Crippen molar-refractivity contribution in [3.63, 3.8) is 0 Å². The highest BCUT2D eigenvalue weighted by Crippen LogP contribution is 2.39. The minimum atomic E-state index is -0.260. The van der Waals surface area contributed by atoms with E-state index in [2.05, 4.69) is 32.1 Å². The molecule has 0 saturated heterocycles. The van der Waals surface area contributed by atoms with Crippen LogP contribution in [0.4, 0.5) is 0 Å². The second-order valence-electron chi connectivity index (χ2n) is 7.72. The fourth-order valence-electron chi connectivity index (χ4n) is 3.69. The molecule has 0 N–H and O–H groups in total. The van der Waals surface area contributed by atoms with Crippen molar-refractivity contribution in [2.75, 3.05) is 14.2 Å². The lowest BCUT2D eigenvalue weighted by molar-refractivity contribution is 0.265. The maximum atomic E-state index is 13.2. The zero-order valence-electron chi connectivity index (χ0n) is 20.0. The molecule has 0 unspecified atom stereocenters. The number of aromatic nitrogens is 2. The van der Waals surface area contributed by atoms with Gasteiger partial charge in [-0.1, -0.05) is 41.1 Å². The first-order valence-electron chi connectivity index (χ1n) is 11.1. The number of aryl methyl sites for hydroxylation is 1. The van der Waals surface area contributed by atoms with Crippen molar-refractivity contribution in [2.24, 2.45) is 5.10 Å². The number of nitriles is 1. The van der Waals surface area contributed by atoms with Crippen LogP contribution in [0.15, 0.2) is 69.0 Å². The van der Waals surface area contributed by atoms with E-state index in [9.17, 15) is 10.1 Å². The number of ether oxygens (including phenoxy) is 3. The molecule has 36 heavy (non-hydrogen) atoms. The summed E-state index contributed by atoms with van der Waals surface area (Å²) < 4.78 is 19.2. The van der Waals surface area contributed by atoms with Crippen LogP contribution in [0.25, 0.3) is 10.9 Å². The van der Waals surface area contributed by atoms with Crippen molar-refractivity contribution >= 4 is 33.0 Å². The molecule has 9 heteroatoms. The number of rotatable bonds is 8. The van der Waals surface area contributed by atoms with E-state index in [4.69, 9.17) is 14.2 Å². The summed E-state index contributed by atoms with van der Waals surface area (Å²) in [6, 6.07) is 18.2. The highest BCUT2D eigenvalue weighted by Gasteiger charge is 2.15. The molecule has 0 aliphatic carbocycles. The third-order valence-electron chi connectivity index (χ3n) is 5.51. The number of benzene rings is 3. The van der Waals surface area contributed by atoms with E-state index in [1.165, 1.54) is 18.9 Å². The standard InChI is InChI=1S/C27H23BrN4O4/c1-4-25-31-22-10-9-20(28)13-21(22)27(33)32(25)30-15-17-11-23(34-2)26(24(12-17)35-3)36-16-19-8-6-5-7-18(19)14-29/h5-13,15H,4,16H2,1-3H3. The van der Waals surface area contributed by atoms with Crippen LogP contribution >= 0.6 is 15.9 Å². The van der Waals surface area contributed by atoms with Gasteiger partial charge in [0.2, 0.25) is 5.75 Å². The monoisotopic (exact) mass is 546 g/mol. The average Bonchev–Trinajstić information content (AvgIpc) is 2.91. The van der Waals surface area contributed by atoms with E-state index in [1.54, 1.807) is 42.6 Å². The largest absolute Gasteiger partial charge is 0.493 e. The van der Waals surface area contributed by atoms with Gasteiger partial charge in [-0.05, 0) is 36.4 Å². The fourth-order valence-corrected chi connectivity index (χ4v) is 4.05. The molecule has 1 aromatic heterocycles. The SMILES string of the molecule is CCc1nc2ccc(Br)cc2c(=O)n1N=Cc1cc(OC)c(OCc2ccccc2C#N)c(OC)c1. The zero-order valence-corrected chi connectivity index (χ0v) is 21.6. The zero-order chi connectivity index (χ0) is 25.7. The Bertz CT molecular complexity index is 1530. The van der Waals surface area contributed by atoms with Crippen LogP contribution in [-0.2, 0) is 13.0 Å². The van der Waals surface area contributed by atoms with Gasteiger partial charge in [0.15, 0.2) is 11.5 Å². The van der Waals surface area contributed by atoms with Gasteiger partial charge in [-0.15, -0.1) is 0 Å². The number of hydrogen-bond donors (Lipinski definition) is 0. The number of nitrogens with zero attached hydrogens (tertiary/aromatic N) is 4. The van der Waals surface area contributed by atoms with Crippen molar-refractivity contribution in [1.82, 2.24) is 9.66 Å². The van der Waals surface area contributed by atoms with Gasteiger partial charge in [0, 0.05) is 22.0 Å². The van der Waals surface area contributed by atoms with E-state index < -0.39 is 0 Å². The topological polar surface area (TPSA) is 98.7 Å². The van der Waals surface area contributed by atoms with Gasteiger partial charge in [0.25, 0.3) is 5.56 Å². The summed E-state index contributed by atoms with van der Waals surface area (Å²) >= 11 is 3.41. The third-order valence-corrected chi connectivity index (χ3v) is 6.00. The lowest BCUT2D eigenvalue weighted by Crippen LogP contribution is -2.22. The van der Waals surface area contributed by atoms with Gasteiger partial charge >= 0.3 is 0 Å². The van der Waals surface area contributed by atoms with E-state index in [0.717, 1.165) is 10.0 Å². The minimum absolute atomic E-state index is 0.164. The quantitative estimate of drug-likeness (QED) is 0.286. The van der Waals surface area contributed by atoms with E-state index in [-0.39, 0.29) is 12.2 Å². The summed E-state index contributed by atoms with van der Waals surface area (Å²) in [7, 11) is 3.05. The van der Waals surface area contributed by atoms with Gasteiger partial charge in [-0.2, -0.15) is 15.0 Å². The molecule has 182 valence electrons. The molecule has 4 aromatic rings. The Kier molecular flexibility index (Phi) is 7.66. The average molecular weight is 547 g/mol. The first-order chi connectivity index (χ1) is 17.5. The first kappa shape index (κ1) is 24.9. The van der Waals surface area contributed by atoms with Crippen molar-refractivity contribution in [1.29, 1.82) is 5.26 Å². The van der Waals surface area contributed by atoms with Crippen molar-refractivity contribution in [3.05, 3.63) is 91.9 Å². The van der Waals surface area contributed by atoms with Crippen LogP contribution in [0.3, 0.4) is 0 Å². The second-order valence-corrected chi connectivity index (χ2v) is 8.63. The van der Waals surface area contributed by atoms with Gasteiger partial charge < -0.3 is 14.2 Å². The van der Waals surface area contributed by atoms with Crippen LogP contribution in [0.1, 0.15) is 29.4 Å². The fraction of sp³-hybridized carbons (Fsp3) is 0.185. The number of methoxy groups -OCH3 is 2. The number of hydrogen-bond acceptors (Lipinski definition) is 7. The van der Waals surface area contributed by atoms with Crippen LogP contribution in [0, 0.1) is 11.3 Å². The molecule has 0 fully saturated rings. The van der Waals surface area contributed by atoms with E-state index >= 15 is 0 Å². The molecule has 0 aliphatic heterocycles. The summed E-state index contributed by atoms with van der Waals surface area (Å²) in [4.78, 5) is 17.7. The van der Waals surface area contributed by atoms with Gasteiger partial charge in [-0.25, -0.2) is 4.98 Å². The normalized spacial score (nSPS) is 11.0. The minimum Gasteiger partial charge on any atom is -0.493 e. The summed E-state index contributed by atoms with van der Waals surface area (Å²) in [5, 5.41) is 14.2. The first-order valence-corrected chi connectivity index (χ1v) is 11.9. The van der Waals surface area contributed by atoms with Gasteiger partial charge in [0.1, 0.15) is 12.4 Å². The molecule has 0 bridgehead atoms. The van der Waals surface area contributed by atoms with E-state index in [1.807, 2.05) is 25.1 Å². The lowest BCUT2D eigenvalue weighted by Gasteiger charge is -2.16. The van der Waals surface area contributed by atoms with Gasteiger partial charge in [-0.3, -0.25) is 4.79 Å². The molecule has 3 aromatic carbocycles. The number of halogens is 1. The van der Waals surface area contributed by atoms with Crippen LogP contribution in [0.2, 0.25) is 0 Å². The summed E-state index contributed by atoms with van der Waals surface area (Å²) in [5.41, 5.74) is 2.28. The Labute approximate surface area is 216 Å². The Balaban J connectivity index is 1.70. The smallest absolute Gasteiger partial charge is 0.282 e. The molecule has 0 saturated carbocycles.